The lowest BCUT2D eigenvalue weighted by molar-refractivity contribution is 0.0560. The molecule has 0 bridgehead atoms. The molecule has 0 spiro atoms. The van der Waals surface area contributed by atoms with Crippen molar-refractivity contribution in [1.82, 2.24) is 4.90 Å². The van der Waals surface area contributed by atoms with Gasteiger partial charge in [-0.2, -0.15) is 0 Å². The average Bonchev–Trinajstić information content (AvgIpc) is 3.39. The molecule has 2 heterocycles. The minimum absolute atomic E-state index is 0.229. The number of nitrogens with zero attached hydrogens (tertiary/aromatic N) is 1. The molecule has 148 valence electrons. The standard InChI is InChI=1S/C22H25NO4S/c1-16(13-20-5-4-12-28-20)23(14-17-6-8-18(25-2)9-7-17)15-19-10-11-21(27-19)22(24)26-3/h4-12,16H,13-15H2,1-3H3. The van der Waals surface area contributed by atoms with E-state index in [4.69, 9.17) is 13.9 Å². The first-order valence-corrected chi connectivity index (χ1v) is 10.0. The Kier molecular flexibility index (Phi) is 6.90. The summed E-state index contributed by atoms with van der Waals surface area (Å²) in [5, 5.41) is 2.10. The highest BCUT2D eigenvalue weighted by Gasteiger charge is 2.19. The van der Waals surface area contributed by atoms with Gasteiger partial charge in [0.25, 0.3) is 0 Å². The number of hydrogen-bond acceptors (Lipinski definition) is 6. The van der Waals surface area contributed by atoms with Crippen molar-refractivity contribution in [2.45, 2.75) is 32.5 Å². The van der Waals surface area contributed by atoms with Crippen LogP contribution in [0.4, 0.5) is 0 Å². The number of rotatable bonds is 9. The van der Waals surface area contributed by atoms with E-state index in [1.165, 1.54) is 17.6 Å². The molecule has 0 fully saturated rings. The summed E-state index contributed by atoms with van der Waals surface area (Å²) in [5.41, 5.74) is 1.19. The predicted molar refractivity (Wildman–Crippen MR) is 110 cm³/mol. The van der Waals surface area contributed by atoms with Crippen LogP contribution in [0.3, 0.4) is 0 Å². The van der Waals surface area contributed by atoms with Gasteiger partial charge in [-0.25, -0.2) is 4.79 Å². The van der Waals surface area contributed by atoms with Crippen molar-refractivity contribution < 1.29 is 18.7 Å². The van der Waals surface area contributed by atoms with Gasteiger partial charge in [-0.05, 0) is 54.6 Å². The highest BCUT2D eigenvalue weighted by Crippen LogP contribution is 2.21. The van der Waals surface area contributed by atoms with Crippen molar-refractivity contribution in [3.05, 3.63) is 75.9 Å². The molecule has 1 atom stereocenters. The van der Waals surface area contributed by atoms with Crippen molar-refractivity contribution in [3.8, 4) is 5.75 Å². The molecule has 2 aromatic heterocycles. The van der Waals surface area contributed by atoms with E-state index in [0.29, 0.717) is 12.6 Å². The number of furan rings is 1. The first-order valence-electron chi connectivity index (χ1n) is 9.15. The van der Waals surface area contributed by atoms with E-state index in [9.17, 15) is 4.79 Å². The third-order valence-corrected chi connectivity index (χ3v) is 5.55. The van der Waals surface area contributed by atoms with Crippen LogP contribution >= 0.6 is 11.3 Å². The molecule has 0 saturated heterocycles. The molecule has 0 N–H and O–H groups in total. The summed E-state index contributed by atoms with van der Waals surface area (Å²) in [6, 6.07) is 16.1. The molecule has 1 aromatic carbocycles. The van der Waals surface area contributed by atoms with Crippen molar-refractivity contribution in [3.63, 3.8) is 0 Å². The third-order valence-electron chi connectivity index (χ3n) is 4.65. The van der Waals surface area contributed by atoms with E-state index in [1.54, 1.807) is 24.5 Å². The van der Waals surface area contributed by atoms with E-state index in [-0.39, 0.29) is 5.76 Å². The van der Waals surface area contributed by atoms with Gasteiger partial charge in [-0.1, -0.05) is 18.2 Å². The molecule has 1 unspecified atom stereocenters. The van der Waals surface area contributed by atoms with Gasteiger partial charge in [0.05, 0.1) is 20.8 Å². The molecule has 0 amide bonds. The molecular weight excluding hydrogens is 374 g/mol. The lowest BCUT2D eigenvalue weighted by atomic mass is 10.1. The van der Waals surface area contributed by atoms with Crippen molar-refractivity contribution in [2.75, 3.05) is 14.2 Å². The van der Waals surface area contributed by atoms with Crippen LogP contribution in [-0.2, 0) is 24.2 Å². The van der Waals surface area contributed by atoms with E-state index >= 15 is 0 Å². The van der Waals surface area contributed by atoms with Gasteiger partial charge in [0.2, 0.25) is 5.76 Å². The first-order chi connectivity index (χ1) is 13.6. The summed E-state index contributed by atoms with van der Waals surface area (Å²) in [5.74, 6) is 1.36. The zero-order valence-corrected chi connectivity index (χ0v) is 17.2. The Morgan fingerprint density at radius 1 is 1.11 bits per heavy atom. The maximum Gasteiger partial charge on any atom is 0.373 e. The lowest BCUT2D eigenvalue weighted by Crippen LogP contribution is -2.33. The zero-order chi connectivity index (χ0) is 19.9. The summed E-state index contributed by atoms with van der Waals surface area (Å²) in [4.78, 5) is 15.4. The lowest BCUT2D eigenvalue weighted by Gasteiger charge is -2.28. The Bertz CT molecular complexity index is 870. The van der Waals surface area contributed by atoms with Crippen molar-refractivity contribution in [1.29, 1.82) is 0 Å². The van der Waals surface area contributed by atoms with E-state index in [0.717, 1.165) is 24.5 Å². The van der Waals surface area contributed by atoms with Crippen LogP contribution in [0.25, 0.3) is 0 Å². The summed E-state index contributed by atoms with van der Waals surface area (Å²) in [6.45, 7) is 3.59. The smallest absolute Gasteiger partial charge is 0.373 e. The number of carbonyl (C=O) groups excluding carboxylic acids is 1. The number of thiophene rings is 1. The molecule has 28 heavy (non-hydrogen) atoms. The predicted octanol–water partition coefficient (Wildman–Crippen LogP) is 4.77. The van der Waals surface area contributed by atoms with Gasteiger partial charge in [0.15, 0.2) is 0 Å². The highest BCUT2D eigenvalue weighted by molar-refractivity contribution is 7.09. The van der Waals surface area contributed by atoms with Crippen LogP contribution in [0.15, 0.2) is 58.3 Å². The van der Waals surface area contributed by atoms with E-state index < -0.39 is 5.97 Å². The molecule has 0 aliphatic heterocycles. The van der Waals surface area contributed by atoms with E-state index in [1.807, 2.05) is 18.2 Å². The minimum Gasteiger partial charge on any atom is -0.497 e. The minimum atomic E-state index is -0.459. The molecule has 0 saturated carbocycles. The third kappa shape index (κ3) is 5.24. The van der Waals surface area contributed by atoms with Crippen LogP contribution in [0.2, 0.25) is 0 Å². The fraction of sp³-hybridized carbons (Fsp3) is 0.318. The van der Waals surface area contributed by atoms with Gasteiger partial charge in [0, 0.05) is 17.5 Å². The van der Waals surface area contributed by atoms with Crippen LogP contribution < -0.4 is 4.74 Å². The summed E-state index contributed by atoms with van der Waals surface area (Å²) in [6.07, 6.45) is 0.957. The van der Waals surface area contributed by atoms with Crippen molar-refractivity contribution >= 4 is 17.3 Å². The number of esters is 1. The van der Waals surface area contributed by atoms with Gasteiger partial charge in [-0.15, -0.1) is 11.3 Å². The topological polar surface area (TPSA) is 51.9 Å². The number of benzene rings is 1. The highest BCUT2D eigenvalue weighted by atomic mass is 32.1. The van der Waals surface area contributed by atoms with Gasteiger partial charge in [0.1, 0.15) is 11.5 Å². The van der Waals surface area contributed by atoms with Gasteiger partial charge < -0.3 is 13.9 Å². The fourth-order valence-corrected chi connectivity index (χ4v) is 3.88. The molecule has 3 rings (SSSR count). The molecule has 5 nitrogen and oxygen atoms in total. The SMILES string of the molecule is COC(=O)c1ccc(CN(Cc2ccc(OC)cc2)C(C)Cc2cccs2)o1. The summed E-state index contributed by atoms with van der Waals surface area (Å²) in [7, 11) is 3.02. The quantitative estimate of drug-likeness (QED) is 0.485. The second kappa shape index (κ2) is 9.57. The van der Waals surface area contributed by atoms with Gasteiger partial charge in [-0.3, -0.25) is 4.90 Å². The number of ether oxygens (including phenoxy) is 2. The first kappa shape index (κ1) is 20.2. The Balaban J connectivity index is 1.76. The maximum atomic E-state index is 11.7. The largest absolute Gasteiger partial charge is 0.497 e. The Morgan fingerprint density at radius 3 is 2.54 bits per heavy atom. The van der Waals surface area contributed by atoms with Crippen LogP contribution in [0, 0.1) is 0 Å². The molecule has 3 aromatic rings. The molecule has 0 radical (unpaired) electrons. The monoisotopic (exact) mass is 399 g/mol. The van der Waals surface area contributed by atoms with Gasteiger partial charge >= 0.3 is 5.97 Å². The second-order valence-corrected chi connectivity index (χ2v) is 7.68. The Labute approximate surface area is 169 Å². The normalized spacial score (nSPS) is 12.1. The number of carbonyl (C=O) groups is 1. The van der Waals surface area contributed by atoms with Crippen molar-refractivity contribution in [2.24, 2.45) is 0 Å². The second-order valence-electron chi connectivity index (χ2n) is 6.64. The maximum absolute atomic E-state index is 11.7. The molecule has 0 aliphatic rings. The van der Waals surface area contributed by atoms with Crippen LogP contribution in [0.5, 0.6) is 5.75 Å². The Hall–Kier alpha value is -2.57. The Morgan fingerprint density at radius 2 is 1.89 bits per heavy atom. The van der Waals surface area contributed by atoms with Crippen LogP contribution in [0.1, 0.15) is 33.7 Å². The number of hydrogen-bond donors (Lipinski definition) is 0. The average molecular weight is 400 g/mol. The fourth-order valence-electron chi connectivity index (χ4n) is 3.06. The number of methoxy groups -OCH3 is 2. The molecule has 6 heteroatoms. The molecule has 0 aliphatic carbocycles. The van der Waals surface area contributed by atoms with E-state index in [2.05, 4.69) is 41.5 Å². The summed E-state index contributed by atoms with van der Waals surface area (Å²) >= 11 is 1.77. The molecular formula is C22H25NO4S. The van der Waals surface area contributed by atoms with Crippen LogP contribution in [-0.4, -0.2) is 31.1 Å². The summed E-state index contributed by atoms with van der Waals surface area (Å²) < 4.78 is 15.7. The zero-order valence-electron chi connectivity index (χ0n) is 16.4.